The lowest BCUT2D eigenvalue weighted by Gasteiger charge is -2.21. The zero-order valence-electron chi connectivity index (χ0n) is 11.6. The minimum atomic E-state index is -0.173. The van der Waals surface area contributed by atoms with Crippen LogP contribution in [0, 0.1) is 0 Å². The van der Waals surface area contributed by atoms with Crippen molar-refractivity contribution < 1.29 is 10.2 Å². The molecule has 19 heavy (non-hydrogen) atoms. The molecular weight excluding hydrogens is 242 g/mol. The summed E-state index contributed by atoms with van der Waals surface area (Å²) in [5.41, 5.74) is 7.80. The van der Waals surface area contributed by atoms with Crippen molar-refractivity contribution in [2.45, 2.75) is 26.2 Å². The number of aryl methyl sites for hydroxylation is 1. The van der Waals surface area contributed by atoms with Crippen LogP contribution in [-0.4, -0.2) is 20.0 Å². The van der Waals surface area contributed by atoms with E-state index in [4.69, 9.17) is 5.73 Å². The first-order valence-electron chi connectivity index (χ1n) is 6.06. The molecule has 0 spiro atoms. The van der Waals surface area contributed by atoms with E-state index in [0.29, 0.717) is 16.9 Å². The minimum Gasteiger partial charge on any atom is -0.504 e. The Morgan fingerprint density at radius 1 is 1.16 bits per heavy atom. The molecule has 0 unspecified atom stereocenters. The van der Waals surface area contributed by atoms with E-state index in [9.17, 15) is 10.2 Å². The first kappa shape index (κ1) is 13.3. The van der Waals surface area contributed by atoms with Crippen LogP contribution in [0.25, 0.3) is 11.1 Å². The van der Waals surface area contributed by atoms with Crippen LogP contribution in [0.15, 0.2) is 18.3 Å². The Labute approximate surface area is 112 Å². The maximum Gasteiger partial charge on any atom is 0.165 e. The van der Waals surface area contributed by atoms with Crippen molar-refractivity contribution >= 4 is 5.82 Å². The molecule has 1 aromatic heterocycles. The number of nitrogens with zero attached hydrogens (tertiary/aromatic N) is 2. The third-order valence-electron chi connectivity index (χ3n) is 3.23. The Kier molecular flexibility index (Phi) is 2.92. The molecule has 0 saturated heterocycles. The lowest BCUT2D eigenvalue weighted by atomic mass is 9.85. The lowest BCUT2D eigenvalue weighted by Crippen LogP contribution is -2.11. The van der Waals surface area contributed by atoms with Gasteiger partial charge in [-0.15, -0.1) is 0 Å². The third-order valence-corrected chi connectivity index (χ3v) is 3.23. The van der Waals surface area contributed by atoms with Gasteiger partial charge in [-0.2, -0.15) is 5.10 Å². The quantitative estimate of drug-likeness (QED) is 0.688. The Bertz CT molecular complexity index is 624. The van der Waals surface area contributed by atoms with Crippen molar-refractivity contribution in [1.82, 2.24) is 9.78 Å². The van der Waals surface area contributed by atoms with Crippen LogP contribution in [0.1, 0.15) is 26.3 Å². The molecule has 102 valence electrons. The van der Waals surface area contributed by atoms with Gasteiger partial charge in [0.25, 0.3) is 0 Å². The van der Waals surface area contributed by atoms with E-state index in [1.807, 2.05) is 26.8 Å². The fourth-order valence-corrected chi connectivity index (χ4v) is 1.91. The standard InChI is InChI=1S/C14H19N3O2/c1-14(2,3)8-5-9(12(19)11(18)6-8)10-7-16-17(4)13(10)15/h5-7,18-19H,15H2,1-4H3. The number of phenolic OH excluding ortho intramolecular Hbond substituents is 2. The second-order valence-corrected chi connectivity index (χ2v) is 5.71. The summed E-state index contributed by atoms with van der Waals surface area (Å²) in [6.07, 6.45) is 1.58. The fraction of sp³-hybridized carbons (Fsp3) is 0.357. The number of phenols is 2. The van der Waals surface area contributed by atoms with E-state index >= 15 is 0 Å². The number of aromatic nitrogens is 2. The van der Waals surface area contributed by atoms with Crippen molar-refractivity contribution in [3.63, 3.8) is 0 Å². The molecule has 0 atom stereocenters. The van der Waals surface area contributed by atoms with Gasteiger partial charge in [-0.1, -0.05) is 20.8 Å². The molecule has 0 aliphatic heterocycles. The van der Waals surface area contributed by atoms with Gasteiger partial charge in [-0.3, -0.25) is 4.68 Å². The molecule has 1 heterocycles. The summed E-state index contributed by atoms with van der Waals surface area (Å²) < 4.78 is 1.52. The van der Waals surface area contributed by atoms with Gasteiger partial charge in [-0.25, -0.2) is 0 Å². The van der Waals surface area contributed by atoms with Crippen molar-refractivity contribution in [2.75, 3.05) is 5.73 Å². The summed E-state index contributed by atoms with van der Waals surface area (Å²) in [5, 5.41) is 24.0. The monoisotopic (exact) mass is 261 g/mol. The summed E-state index contributed by atoms with van der Waals surface area (Å²) in [6, 6.07) is 3.41. The van der Waals surface area contributed by atoms with Crippen LogP contribution in [0.4, 0.5) is 5.82 Å². The smallest absolute Gasteiger partial charge is 0.165 e. The molecule has 0 aliphatic carbocycles. The second-order valence-electron chi connectivity index (χ2n) is 5.71. The lowest BCUT2D eigenvalue weighted by molar-refractivity contribution is 0.403. The van der Waals surface area contributed by atoms with E-state index in [0.717, 1.165) is 5.56 Å². The Morgan fingerprint density at radius 2 is 1.79 bits per heavy atom. The highest BCUT2D eigenvalue weighted by Gasteiger charge is 2.21. The maximum absolute atomic E-state index is 10.0. The van der Waals surface area contributed by atoms with Gasteiger partial charge in [-0.05, 0) is 23.1 Å². The SMILES string of the molecule is Cn1ncc(-c2cc(C(C)(C)C)cc(O)c2O)c1N. The van der Waals surface area contributed by atoms with E-state index in [-0.39, 0.29) is 16.9 Å². The van der Waals surface area contributed by atoms with Gasteiger partial charge in [0.05, 0.1) is 6.20 Å². The van der Waals surface area contributed by atoms with Gasteiger partial charge in [0, 0.05) is 18.2 Å². The summed E-state index contributed by atoms with van der Waals surface area (Å²) >= 11 is 0. The number of hydrogen-bond acceptors (Lipinski definition) is 4. The Morgan fingerprint density at radius 3 is 2.26 bits per heavy atom. The highest BCUT2D eigenvalue weighted by Crippen LogP contribution is 2.42. The van der Waals surface area contributed by atoms with Gasteiger partial charge in [0.15, 0.2) is 11.5 Å². The number of nitrogen functional groups attached to an aromatic ring is 1. The van der Waals surface area contributed by atoms with Crippen molar-refractivity contribution in [3.8, 4) is 22.6 Å². The summed E-state index contributed by atoms with van der Waals surface area (Å²) in [7, 11) is 1.73. The fourth-order valence-electron chi connectivity index (χ4n) is 1.91. The average Bonchev–Trinajstić information content (AvgIpc) is 2.62. The maximum atomic E-state index is 10.0. The van der Waals surface area contributed by atoms with E-state index < -0.39 is 0 Å². The van der Waals surface area contributed by atoms with Crippen molar-refractivity contribution in [1.29, 1.82) is 0 Å². The minimum absolute atomic E-state index is 0.142. The highest BCUT2D eigenvalue weighted by atomic mass is 16.3. The van der Waals surface area contributed by atoms with Gasteiger partial charge < -0.3 is 15.9 Å². The first-order valence-corrected chi connectivity index (χ1v) is 6.06. The molecule has 4 N–H and O–H groups in total. The van der Waals surface area contributed by atoms with Gasteiger partial charge in [0.1, 0.15) is 5.82 Å². The van der Waals surface area contributed by atoms with E-state index in [2.05, 4.69) is 5.10 Å². The largest absolute Gasteiger partial charge is 0.504 e. The van der Waals surface area contributed by atoms with Crippen LogP contribution in [0.2, 0.25) is 0 Å². The summed E-state index contributed by atoms with van der Waals surface area (Å²) in [4.78, 5) is 0. The molecule has 1 aromatic carbocycles. The van der Waals surface area contributed by atoms with E-state index in [1.54, 1.807) is 19.3 Å². The Hall–Kier alpha value is -2.17. The van der Waals surface area contributed by atoms with Crippen LogP contribution in [0.5, 0.6) is 11.5 Å². The number of benzene rings is 1. The molecular formula is C14H19N3O2. The molecule has 2 aromatic rings. The molecule has 5 heteroatoms. The number of aromatic hydroxyl groups is 2. The topological polar surface area (TPSA) is 84.3 Å². The molecule has 0 saturated carbocycles. The highest BCUT2D eigenvalue weighted by molar-refractivity contribution is 5.80. The molecule has 0 fully saturated rings. The van der Waals surface area contributed by atoms with Gasteiger partial charge in [0.2, 0.25) is 0 Å². The molecule has 2 rings (SSSR count). The van der Waals surface area contributed by atoms with Crippen LogP contribution in [0.3, 0.4) is 0 Å². The zero-order chi connectivity index (χ0) is 14.4. The zero-order valence-corrected chi connectivity index (χ0v) is 11.6. The second kappa shape index (κ2) is 4.19. The summed E-state index contributed by atoms with van der Waals surface area (Å²) in [5.74, 6) is 0.124. The molecule has 0 bridgehead atoms. The predicted octanol–water partition coefficient (Wildman–Crippen LogP) is 2.38. The van der Waals surface area contributed by atoms with Crippen LogP contribution in [-0.2, 0) is 12.5 Å². The van der Waals surface area contributed by atoms with Gasteiger partial charge >= 0.3 is 0 Å². The van der Waals surface area contributed by atoms with E-state index in [1.165, 1.54) is 4.68 Å². The third kappa shape index (κ3) is 2.23. The van der Waals surface area contributed by atoms with Crippen LogP contribution < -0.4 is 5.73 Å². The molecule has 0 aliphatic rings. The van der Waals surface area contributed by atoms with Crippen molar-refractivity contribution in [3.05, 3.63) is 23.9 Å². The number of hydrogen-bond donors (Lipinski definition) is 3. The number of anilines is 1. The average molecular weight is 261 g/mol. The normalized spacial score (nSPS) is 11.8. The molecule has 0 radical (unpaired) electrons. The predicted molar refractivity (Wildman–Crippen MR) is 75.1 cm³/mol. The molecule has 0 amide bonds. The molecule has 5 nitrogen and oxygen atoms in total. The Balaban J connectivity index is 2.70. The number of nitrogens with two attached hydrogens (primary N) is 1. The summed E-state index contributed by atoms with van der Waals surface area (Å²) in [6.45, 7) is 6.11. The first-order chi connectivity index (χ1) is 8.71. The number of rotatable bonds is 1. The van der Waals surface area contributed by atoms with Crippen molar-refractivity contribution in [2.24, 2.45) is 7.05 Å². The van der Waals surface area contributed by atoms with Crippen LogP contribution >= 0.6 is 0 Å².